The number of halogens is 3. The minimum atomic E-state index is -4.12. The SMILES string of the molecule is FC(F)(F)CNCc1cc2c(s1)CCCCC2. The molecular formula is C12H16F3NS. The van der Waals surface area contributed by atoms with Crippen molar-refractivity contribution in [3.05, 3.63) is 21.4 Å². The van der Waals surface area contributed by atoms with Gasteiger partial charge in [-0.15, -0.1) is 11.3 Å². The maximum absolute atomic E-state index is 12.0. The minimum absolute atomic E-state index is 0.331. The second-order valence-corrected chi connectivity index (χ2v) is 5.66. The zero-order chi connectivity index (χ0) is 12.3. The molecule has 1 heterocycles. The second kappa shape index (κ2) is 5.40. The summed E-state index contributed by atoms with van der Waals surface area (Å²) in [6.45, 7) is -0.577. The molecule has 1 aliphatic carbocycles. The van der Waals surface area contributed by atoms with Crippen LogP contribution in [0, 0.1) is 0 Å². The Morgan fingerprint density at radius 2 is 1.94 bits per heavy atom. The first-order valence-electron chi connectivity index (χ1n) is 5.92. The molecule has 0 saturated carbocycles. The molecule has 1 aromatic rings. The highest BCUT2D eigenvalue weighted by Gasteiger charge is 2.26. The van der Waals surface area contributed by atoms with Crippen LogP contribution in [0.15, 0.2) is 6.07 Å². The van der Waals surface area contributed by atoms with Crippen molar-refractivity contribution in [2.75, 3.05) is 6.54 Å². The van der Waals surface area contributed by atoms with Crippen LogP contribution in [0.5, 0.6) is 0 Å². The van der Waals surface area contributed by atoms with Crippen molar-refractivity contribution in [3.8, 4) is 0 Å². The largest absolute Gasteiger partial charge is 0.401 e. The lowest BCUT2D eigenvalue weighted by atomic mass is 10.1. The van der Waals surface area contributed by atoms with E-state index in [1.807, 2.05) is 0 Å². The van der Waals surface area contributed by atoms with Gasteiger partial charge in [0.2, 0.25) is 0 Å². The van der Waals surface area contributed by atoms with E-state index in [4.69, 9.17) is 0 Å². The Morgan fingerprint density at radius 1 is 1.18 bits per heavy atom. The summed E-state index contributed by atoms with van der Waals surface area (Å²) in [6.07, 6.45) is 1.75. The zero-order valence-corrected chi connectivity index (χ0v) is 10.4. The molecule has 1 nitrogen and oxygen atoms in total. The maximum Gasteiger partial charge on any atom is 0.401 e. The Hall–Kier alpha value is -0.550. The van der Waals surface area contributed by atoms with E-state index in [0.717, 1.165) is 17.7 Å². The van der Waals surface area contributed by atoms with Gasteiger partial charge in [0.25, 0.3) is 0 Å². The van der Waals surface area contributed by atoms with Gasteiger partial charge in [-0.2, -0.15) is 13.2 Å². The smallest absolute Gasteiger partial charge is 0.304 e. The van der Waals surface area contributed by atoms with E-state index in [1.165, 1.54) is 29.7 Å². The predicted molar refractivity (Wildman–Crippen MR) is 63.3 cm³/mol. The predicted octanol–water partition coefficient (Wildman–Crippen LogP) is 3.67. The standard InChI is InChI=1S/C12H16F3NS/c13-12(14,15)8-16-7-10-6-9-4-2-1-3-5-11(9)17-10/h6,16H,1-5,7-8H2. The molecule has 0 saturated heterocycles. The van der Waals surface area contributed by atoms with Crippen molar-refractivity contribution in [2.45, 2.75) is 44.8 Å². The Balaban J connectivity index is 1.90. The highest BCUT2D eigenvalue weighted by atomic mass is 32.1. The van der Waals surface area contributed by atoms with Gasteiger partial charge in [0.15, 0.2) is 0 Å². The molecule has 17 heavy (non-hydrogen) atoms. The fourth-order valence-electron chi connectivity index (χ4n) is 2.14. The van der Waals surface area contributed by atoms with Crippen molar-refractivity contribution < 1.29 is 13.2 Å². The zero-order valence-electron chi connectivity index (χ0n) is 9.57. The highest BCUT2D eigenvalue weighted by Crippen LogP contribution is 2.29. The van der Waals surface area contributed by atoms with Crippen molar-refractivity contribution in [3.63, 3.8) is 0 Å². The summed E-state index contributed by atoms with van der Waals surface area (Å²) in [6, 6.07) is 2.08. The molecule has 0 atom stereocenters. The molecule has 0 aliphatic heterocycles. The third-order valence-corrected chi connectivity index (χ3v) is 4.16. The summed E-state index contributed by atoms with van der Waals surface area (Å²) in [5.41, 5.74) is 1.36. The average Bonchev–Trinajstić information content (AvgIpc) is 2.47. The number of rotatable bonds is 3. The van der Waals surface area contributed by atoms with Crippen LogP contribution < -0.4 is 5.32 Å². The van der Waals surface area contributed by atoms with Crippen LogP contribution in [0.4, 0.5) is 13.2 Å². The molecule has 0 amide bonds. The fraction of sp³-hybridized carbons (Fsp3) is 0.667. The average molecular weight is 263 g/mol. The first kappa shape index (κ1) is 12.9. The fourth-order valence-corrected chi connectivity index (χ4v) is 3.37. The van der Waals surface area contributed by atoms with E-state index in [2.05, 4.69) is 11.4 Å². The topological polar surface area (TPSA) is 12.0 Å². The number of fused-ring (bicyclic) bond motifs is 1. The van der Waals surface area contributed by atoms with Crippen LogP contribution in [-0.4, -0.2) is 12.7 Å². The van der Waals surface area contributed by atoms with Crippen LogP contribution in [0.25, 0.3) is 0 Å². The van der Waals surface area contributed by atoms with Crippen LogP contribution in [-0.2, 0) is 19.4 Å². The van der Waals surface area contributed by atoms with Gasteiger partial charge in [-0.3, -0.25) is 0 Å². The van der Waals surface area contributed by atoms with Gasteiger partial charge >= 0.3 is 6.18 Å². The molecule has 0 fully saturated rings. The maximum atomic E-state index is 12.0. The lowest BCUT2D eigenvalue weighted by Gasteiger charge is -2.06. The molecule has 5 heteroatoms. The number of alkyl halides is 3. The summed E-state index contributed by atoms with van der Waals surface area (Å²) in [4.78, 5) is 2.41. The molecule has 96 valence electrons. The van der Waals surface area contributed by atoms with E-state index in [0.29, 0.717) is 6.54 Å². The molecule has 0 spiro atoms. The van der Waals surface area contributed by atoms with E-state index < -0.39 is 12.7 Å². The number of hydrogen-bond donors (Lipinski definition) is 1. The Labute approximate surface area is 103 Å². The van der Waals surface area contributed by atoms with Crippen molar-refractivity contribution in [1.29, 1.82) is 0 Å². The molecule has 0 aromatic carbocycles. The minimum Gasteiger partial charge on any atom is -0.304 e. The van der Waals surface area contributed by atoms with Crippen LogP contribution in [0.2, 0.25) is 0 Å². The third kappa shape index (κ3) is 4.00. The van der Waals surface area contributed by atoms with E-state index >= 15 is 0 Å². The van der Waals surface area contributed by atoms with Crippen molar-refractivity contribution >= 4 is 11.3 Å². The molecule has 1 aliphatic rings. The summed E-state index contributed by atoms with van der Waals surface area (Å²) in [5.74, 6) is 0. The van der Waals surface area contributed by atoms with Gasteiger partial charge in [0.05, 0.1) is 6.54 Å². The van der Waals surface area contributed by atoms with Crippen LogP contribution in [0.3, 0.4) is 0 Å². The molecule has 0 bridgehead atoms. The van der Waals surface area contributed by atoms with E-state index in [9.17, 15) is 13.2 Å². The normalized spacial score (nSPS) is 16.6. The highest BCUT2D eigenvalue weighted by molar-refractivity contribution is 7.12. The monoisotopic (exact) mass is 263 g/mol. The molecular weight excluding hydrogens is 247 g/mol. The molecule has 0 unspecified atom stereocenters. The number of hydrogen-bond acceptors (Lipinski definition) is 2. The van der Waals surface area contributed by atoms with Gasteiger partial charge in [-0.1, -0.05) is 6.42 Å². The quantitative estimate of drug-likeness (QED) is 0.820. The van der Waals surface area contributed by atoms with Crippen LogP contribution >= 0.6 is 11.3 Å². The summed E-state index contributed by atoms with van der Waals surface area (Å²) >= 11 is 1.67. The van der Waals surface area contributed by atoms with E-state index in [-0.39, 0.29) is 0 Å². The van der Waals surface area contributed by atoms with Gasteiger partial charge < -0.3 is 5.32 Å². The lowest BCUT2D eigenvalue weighted by molar-refractivity contribution is -0.125. The number of thiophene rings is 1. The van der Waals surface area contributed by atoms with Gasteiger partial charge in [-0.05, 0) is 37.3 Å². The molecule has 1 N–H and O–H groups in total. The lowest BCUT2D eigenvalue weighted by Crippen LogP contribution is -2.27. The van der Waals surface area contributed by atoms with Gasteiger partial charge in [0, 0.05) is 16.3 Å². The first-order chi connectivity index (χ1) is 8.04. The molecule has 1 aromatic heterocycles. The van der Waals surface area contributed by atoms with E-state index in [1.54, 1.807) is 11.3 Å². The molecule has 0 radical (unpaired) electrons. The van der Waals surface area contributed by atoms with Crippen molar-refractivity contribution in [1.82, 2.24) is 5.32 Å². The summed E-state index contributed by atoms with van der Waals surface area (Å²) < 4.78 is 35.9. The number of aryl methyl sites for hydroxylation is 2. The molecule has 2 rings (SSSR count). The second-order valence-electron chi connectivity index (χ2n) is 4.44. The van der Waals surface area contributed by atoms with Crippen LogP contribution in [0.1, 0.15) is 34.6 Å². The van der Waals surface area contributed by atoms with Gasteiger partial charge in [0.1, 0.15) is 0 Å². The Bertz CT molecular complexity index is 347. The summed E-state index contributed by atoms with van der Waals surface area (Å²) in [7, 11) is 0. The van der Waals surface area contributed by atoms with Gasteiger partial charge in [-0.25, -0.2) is 0 Å². The Kier molecular flexibility index (Phi) is 4.09. The first-order valence-corrected chi connectivity index (χ1v) is 6.74. The number of nitrogens with one attached hydrogen (secondary N) is 1. The Morgan fingerprint density at radius 3 is 2.71 bits per heavy atom. The van der Waals surface area contributed by atoms with Crippen molar-refractivity contribution in [2.24, 2.45) is 0 Å². The third-order valence-electron chi connectivity index (χ3n) is 2.92. The summed E-state index contributed by atoms with van der Waals surface area (Å²) in [5, 5.41) is 2.45.